The van der Waals surface area contributed by atoms with Crippen molar-refractivity contribution in [3.8, 4) is 0 Å². The summed E-state index contributed by atoms with van der Waals surface area (Å²) >= 11 is 0. The van der Waals surface area contributed by atoms with Gasteiger partial charge < -0.3 is 10.6 Å². The Balaban J connectivity index is 1.41. The third-order valence-electron chi connectivity index (χ3n) is 6.77. The first kappa shape index (κ1) is 21.5. The molecule has 0 unspecified atom stereocenters. The lowest BCUT2D eigenvalue weighted by atomic mass is 9.82. The Hall–Kier alpha value is -2.73. The fraction of sp³-hybridized carbons (Fsp3) is 0.440. The lowest BCUT2D eigenvalue weighted by Gasteiger charge is -2.37. The fourth-order valence-electron chi connectivity index (χ4n) is 5.05. The van der Waals surface area contributed by atoms with E-state index >= 15 is 0 Å². The Labute approximate surface area is 183 Å². The SMILES string of the molecule is NC(=O)[C@H](Cc1ccccc1)N1CC[C@H]2CN(Cc3ccc(F)cc3)CC[C@H]2CC1=O. The number of carbonyl (C=O) groups is 2. The molecule has 2 aliphatic rings. The molecule has 2 amide bonds. The highest BCUT2D eigenvalue weighted by Gasteiger charge is 2.38. The maximum Gasteiger partial charge on any atom is 0.240 e. The normalized spacial score (nSPS) is 23.1. The molecular weight excluding hydrogens is 393 g/mol. The number of nitrogens with two attached hydrogens (primary N) is 1. The van der Waals surface area contributed by atoms with Gasteiger partial charge >= 0.3 is 0 Å². The summed E-state index contributed by atoms with van der Waals surface area (Å²) in [5.74, 6) is 0.129. The van der Waals surface area contributed by atoms with E-state index in [0.29, 0.717) is 31.2 Å². The number of fused-ring (bicyclic) bond motifs is 1. The van der Waals surface area contributed by atoms with Crippen molar-refractivity contribution < 1.29 is 14.0 Å². The van der Waals surface area contributed by atoms with Gasteiger partial charge in [0.25, 0.3) is 0 Å². The Morgan fingerprint density at radius 3 is 2.42 bits per heavy atom. The van der Waals surface area contributed by atoms with Crippen LogP contribution < -0.4 is 5.73 Å². The van der Waals surface area contributed by atoms with Crippen molar-refractivity contribution in [1.29, 1.82) is 0 Å². The fourth-order valence-corrected chi connectivity index (χ4v) is 5.05. The van der Waals surface area contributed by atoms with Gasteiger partial charge in [-0.1, -0.05) is 42.5 Å². The zero-order valence-corrected chi connectivity index (χ0v) is 17.8. The van der Waals surface area contributed by atoms with Gasteiger partial charge in [-0.15, -0.1) is 0 Å². The number of amides is 2. The number of carbonyl (C=O) groups excluding carboxylic acids is 2. The van der Waals surface area contributed by atoms with E-state index in [0.717, 1.165) is 43.6 Å². The Morgan fingerprint density at radius 1 is 1.00 bits per heavy atom. The van der Waals surface area contributed by atoms with E-state index in [-0.39, 0.29) is 11.7 Å². The van der Waals surface area contributed by atoms with Crippen molar-refractivity contribution in [3.05, 3.63) is 71.5 Å². The first-order valence-corrected chi connectivity index (χ1v) is 11.1. The summed E-state index contributed by atoms with van der Waals surface area (Å²) in [4.78, 5) is 29.4. The molecular formula is C25H30FN3O2. The molecule has 2 fully saturated rings. The number of halogens is 1. The highest BCUT2D eigenvalue weighted by molar-refractivity contribution is 5.87. The zero-order valence-electron chi connectivity index (χ0n) is 17.8. The highest BCUT2D eigenvalue weighted by atomic mass is 19.1. The number of hydrogen-bond donors (Lipinski definition) is 1. The third-order valence-corrected chi connectivity index (χ3v) is 6.77. The van der Waals surface area contributed by atoms with E-state index in [4.69, 9.17) is 5.73 Å². The van der Waals surface area contributed by atoms with Crippen molar-refractivity contribution in [2.75, 3.05) is 19.6 Å². The van der Waals surface area contributed by atoms with E-state index in [1.165, 1.54) is 12.1 Å². The van der Waals surface area contributed by atoms with E-state index in [9.17, 15) is 14.0 Å². The van der Waals surface area contributed by atoms with E-state index in [2.05, 4.69) is 4.90 Å². The average Bonchev–Trinajstić information content (AvgIpc) is 2.92. The molecule has 0 aliphatic carbocycles. The minimum atomic E-state index is -0.606. The topological polar surface area (TPSA) is 66.6 Å². The Bertz CT molecular complexity index is 903. The summed E-state index contributed by atoms with van der Waals surface area (Å²) in [6.07, 6.45) is 2.77. The monoisotopic (exact) mass is 423 g/mol. The minimum absolute atomic E-state index is 0.0409. The highest BCUT2D eigenvalue weighted by Crippen LogP contribution is 2.33. The molecule has 2 aromatic carbocycles. The quantitative estimate of drug-likeness (QED) is 0.777. The van der Waals surface area contributed by atoms with Crippen LogP contribution in [-0.2, 0) is 22.6 Å². The van der Waals surface area contributed by atoms with Gasteiger partial charge in [0, 0.05) is 32.5 Å². The molecule has 2 aliphatic heterocycles. The van der Waals surface area contributed by atoms with Crippen LogP contribution in [0.2, 0.25) is 0 Å². The predicted molar refractivity (Wildman–Crippen MR) is 117 cm³/mol. The van der Waals surface area contributed by atoms with Gasteiger partial charge in [-0.3, -0.25) is 14.5 Å². The first-order valence-electron chi connectivity index (χ1n) is 11.1. The Kier molecular flexibility index (Phi) is 6.66. The summed E-state index contributed by atoms with van der Waals surface area (Å²) < 4.78 is 13.2. The molecule has 4 rings (SSSR count). The molecule has 164 valence electrons. The number of benzene rings is 2. The van der Waals surface area contributed by atoms with Crippen molar-refractivity contribution >= 4 is 11.8 Å². The van der Waals surface area contributed by atoms with Crippen LogP contribution in [0, 0.1) is 17.7 Å². The molecule has 5 nitrogen and oxygen atoms in total. The van der Waals surface area contributed by atoms with Gasteiger partial charge in [0.2, 0.25) is 11.8 Å². The van der Waals surface area contributed by atoms with Gasteiger partial charge in [-0.05, 0) is 54.5 Å². The molecule has 2 heterocycles. The molecule has 31 heavy (non-hydrogen) atoms. The molecule has 0 saturated carbocycles. The maximum atomic E-state index is 13.2. The summed E-state index contributed by atoms with van der Waals surface area (Å²) in [5.41, 5.74) is 7.83. The smallest absolute Gasteiger partial charge is 0.240 e. The van der Waals surface area contributed by atoms with Crippen LogP contribution in [0.15, 0.2) is 54.6 Å². The van der Waals surface area contributed by atoms with Crippen molar-refractivity contribution in [2.45, 2.75) is 38.3 Å². The van der Waals surface area contributed by atoms with Crippen molar-refractivity contribution in [2.24, 2.45) is 17.6 Å². The molecule has 0 aromatic heterocycles. The van der Waals surface area contributed by atoms with Crippen LogP contribution in [0.5, 0.6) is 0 Å². The first-order chi connectivity index (χ1) is 15.0. The van der Waals surface area contributed by atoms with E-state index < -0.39 is 11.9 Å². The number of nitrogens with zero attached hydrogens (tertiary/aromatic N) is 2. The van der Waals surface area contributed by atoms with Crippen LogP contribution in [0.4, 0.5) is 4.39 Å². The average molecular weight is 424 g/mol. The van der Waals surface area contributed by atoms with E-state index in [1.54, 1.807) is 4.90 Å². The summed E-state index contributed by atoms with van der Waals surface area (Å²) in [5, 5.41) is 0. The summed E-state index contributed by atoms with van der Waals surface area (Å²) in [6.45, 7) is 3.20. The predicted octanol–water partition coefficient (Wildman–Crippen LogP) is 2.98. The Morgan fingerprint density at radius 2 is 1.71 bits per heavy atom. The van der Waals surface area contributed by atoms with Crippen LogP contribution in [0.3, 0.4) is 0 Å². The lowest BCUT2D eigenvalue weighted by Crippen LogP contribution is -2.49. The van der Waals surface area contributed by atoms with Crippen LogP contribution in [0.1, 0.15) is 30.4 Å². The number of hydrogen-bond acceptors (Lipinski definition) is 3. The van der Waals surface area contributed by atoms with Crippen LogP contribution in [0.25, 0.3) is 0 Å². The maximum absolute atomic E-state index is 13.2. The molecule has 2 aromatic rings. The molecule has 3 atom stereocenters. The summed E-state index contributed by atoms with van der Waals surface area (Å²) in [6, 6.07) is 15.8. The molecule has 2 saturated heterocycles. The van der Waals surface area contributed by atoms with Gasteiger partial charge in [0.1, 0.15) is 11.9 Å². The number of likely N-dealkylation sites (tertiary alicyclic amines) is 2. The van der Waals surface area contributed by atoms with E-state index in [1.807, 2.05) is 42.5 Å². The number of piperidine rings is 1. The minimum Gasteiger partial charge on any atom is -0.368 e. The standard InChI is InChI=1S/C25H30FN3O2/c26-22-8-6-19(7-9-22)16-28-12-10-20-15-24(30)29(13-11-21(20)17-28)23(25(27)31)14-18-4-2-1-3-5-18/h1-9,20-21,23H,10-17H2,(H2,27,31)/t20-,21-,23-/m0/s1. The third kappa shape index (κ3) is 5.31. The number of rotatable bonds is 6. The molecule has 6 heteroatoms. The lowest BCUT2D eigenvalue weighted by molar-refractivity contribution is -0.139. The summed E-state index contributed by atoms with van der Waals surface area (Å²) in [7, 11) is 0. The molecule has 0 bridgehead atoms. The second kappa shape index (κ2) is 9.60. The van der Waals surface area contributed by atoms with Gasteiger partial charge in [-0.2, -0.15) is 0 Å². The zero-order chi connectivity index (χ0) is 21.8. The molecule has 2 N–H and O–H groups in total. The molecule has 0 spiro atoms. The second-order valence-corrected chi connectivity index (χ2v) is 8.86. The second-order valence-electron chi connectivity index (χ2n) is 8.86. The van der Waals surface area contributed by atoms with Crippen LogP contribution >= 0.6 is 0 Å². The van der Waals surface area contributed by atoms with Crippen molar-refractivity contribution in [1.82, 2.24) is 9.80 Å². The number of primary amides is 1. The van der Waals surface area contributed by atoms with Gasteiger partial charge in [0.15, 0.2) is 0 Å². The van der Waals surface area contributed by atoms with Gasteiger partial charge in [0.05, 0.1) is 0 Å². The largest absolute Gasteiger partial charge is 0.368 e. The molecule has 0 radical (unpaired) electrons. The van der Waals surface area contributed by atoms with Gasteiger partial charge in [-0.25, -0.2) is 4.39 Å². The van der Waals surface area contributed by atoms with Crippen LogP contribution in [-0.4, -0.2) is 47.3 Å². The van der Waals surface area contributed by atoms with Crippen molar-refractivity contribution in [3.63, 3.8) is 0 Å².